The summed E-state index contributed by atoms with van der Waals surface area (Å²) in [7, 11) is 0. The minimum absolute atomic E-state index is 0.119. The Labute approximate surface area is 398 Å². The number of aliphatic hydroxyl groups is 10. The van der Waals surface area contributed by atoms with Crippen molar-refractivity contribution in [2.45, 2.75) is 183 Å². The quantitative estimate of drug-likeness (QED) is 0.174. The molecule has 0 spiro atoms. The van der Waals surface area contributed by atoms with E-state index < -0.39 is 153 Å². The van der Waals surface area contributed by atoms with Crippen molar-refractivity contribution in [3.05, 3.63) is 85.1 Å². The molecule has 3 aliphatic rings. The second-order valence-corrected chi connectivity index (χ2v) is 18.2. The van der Waals surface area contributed by atoms with E-state index in [-0.39, 0.29) is 31.6 Å². The number of carbonyl (C=O) groups excluding carboxylic acids is 2. The Bertz CT molecular complexity index is 1780. The highest BCUT2D eigenvalue weighted by Gasteiger charge is 2.51. The first kappa shape index (κ1) is 58.4. The lowest BCUT2D eigenvalue weighted by molar-refractivity contribution is -0.309. The van der Waals surface area contributed by atoms with Gasteiger partial charge in [0, 0.05) is 44.4 Å². The fourth-order valence-corrected chi connectivity index (χ4v) is 8.34. The molecule has 0 radical (unpaired) electrons. The van der Waals surface area contributed by atoms with Crippen molar-refractivity contribution >= 4 is 17.8 Å². The van der Waals surface area contributed by atoms with Gasteiger partial charge in [0.1, 0.15) is 24.2 Å². The van der Waals surface area contributed by atoms with Crippen molar-refractivity contribution in [2.75, 3.05) is 0 Å². The summed E-state index contributed by atoms with van der Waals surface area (Å²) < 4.78 is 23.3. The zero-order valence-electron chi connectivity index (χ0n) is 39.4. The molecule has 0 aromatic carbocycles. The van der Waals surface area contributed by atoms with Crippen LogP contribution in [0.15, 0.2) is 85.1 Å². The average molecular weight is 966 g/mol. The smallest absolute Gasteiger partial charge is 0.311 e. The largest absolute Gasteiger partial charge is 0.481 e. The van der Waals surface area contributed by atoms with E-state index >= 15 is 0 Å². The Morgan fingerprint density at radius 2 is 1.24 bits per heavy atom. The number of hydrogen-bond acceptors (Lipinski definition) is 17. The van der Waals surface area contributed by atoms with Crippen LogP contribution in [0.1, 0.15) is 86.0 Å². The predicted molar refractivity (Wildman–Crippen MR) is 247 cm³/mol. The molecular formula is C49H75NO18. The maximum absolute atomic E-state index is 12.6. The monoisotopic (exact) mass is 965 g/mol. The standard InChI is InChI=1S/C49H75NO18/c1-28-18-16-14-12-10-8-6-7-9-11-13-15-17-19-36(67-48-46(61)43(50-32(5)51)45(60)31(4)66-48)25-40-42(47(62)63)39(57)27-49(64,68-40)26-35(54)23-38(56)37(55)21-20-33(52)22-34(53)24-41(58)65-30(3)29(2)44(28)59/h6-19,28-31,33-40,42-46,48,52-57,59-61,64H,20-27H2,1-5H3,(H,50,51)(H,62,63)/b7-6+,10-8+,11-9+,14-12+,15-13+,18-16+,19-17+/t28-,29-,30-,31?,33-,34-,35+,36+,37-,38-,39-,40+,42-,43?,44-,45?,46?,48?,49-/m1/s1. The summed E-state index contributed by atoms with van der Waals surface area (Å²) in [4.78, 5) is 37.1. The molecular weight excluding hydrogens is 891 g/mol. The number of carboxylic acids is 1. The Morgan fingerprint density at radius 1 is 0.662 bits per heavy atom. The van der Waals surface area contributed by atoms with E-state index in [1.165, 1.54) is 19.9 Å². The summed E-state index contributed by atoms with van der Waals surface area (Å²) in [5.41, 5.74) is 0. The third-order valence-electron chi connectivity index (χ3n) is 12.3. The minimum Gasteiger partial charge on any atom is -0.481 e. The van der Waals surface area contributed by atoms with Gasteiger partial charge in [-0.3, -0.25) is 14.4 Å². The van der Waals surface area contributed by atoms with Crippen molar-refractivity contribution in [2.24, 2.45) is 17.8 Å². The number of rotatable bonds is 4. The number of nitrogens with one attached hydrogen (secondary N) is 1. The Balaban J connectivity index is 1.90. The van der Waals surface area contributed by atoms with Crippen LogP contribution in [-0.2, 0) is 33.3 Å². The van der Waals surface area contributed by atoms with Gasteiger partial charge in [-0.1, -0.05) is 98.9 Å². The molecule has 3 aliphatic heterocycles. The van der Waals surface area contributed by atoms with Crippen molar-refractivity contribution in [1.29, 1.82) is 0 Å². The highest BCUT2D eigenvalue weighted by Crippen LogP contribution is 2.38. The lowest BCUT2D eigenvalue weighted by atomic mass is 9.82. The molecule has 3 heterocycles. The van der Waals surface area contributed by atoms with Crippen LogP contribution >= 0.6 is 0 Å². The van der Waals surface area contributed by atoms with Crippen molar-refractivity contribution in [1.82, 2.24) is 5.32 Å². The lowest BCUT2D eigenvalue weighted by Crippen LogP contribution is -2.64. The van der Waals surface area contributed by atoms with Crippen LogP contribution < -0.4 is 5.32 Å². The van der Waals surface area contributed by atoms with Gasteiger partial charge in [-0.15, -0.1) is 0 Å². The average Bonchev–Trinajstić information content (AvgIpc) is 3.24. The maximum atomic E-state index is 12.6. The van der Waals surface area contributed by atoms with Gasteiger partial charge in [0.25, 0.3) is 0 Å². The van der Waals surface area contributed by atoms with Crippen LogP contribution in [0.5, 0.6) is 0 Å². The topological polar surface area (TPSA) is 323 Å². The molecule has 2 fully saturated rings. The second-order valence-electron chi connectivity index (χ2n) is 18.2. The molecule has 0 saturated carbocycles. The normalized spacial score (nSPS) is 43.9. The van der Waals surface area contributed by atoms with Crippen LogP contribution in [0.3, 0.4) is 0 Å². The second kappa shape index (κ2) is 28.7. The van der Waals surface area contributed by atoms with E-state index in [2.05, 4.69) is 5.32 Å². The molecule has 0 aromatic rings. The van der Waals surface area contributed by atoms with Crippen LogP contribution in [-0.4, -0.2) is 171 Å². The third kappa shape index (κ3) is 19.5. The first-order chi connectivity index (χ1) is 32.0. The minimum atomic E-state index is -2.36. The molecule has 19 heteroatoms. The summed E-state index contributed by atoms with van der Waals surface area (Å²) in [5.74, 6) is -7.49. The molecule has 68 heavy (non-hydrogen) atoms. The summed E-state index contributed by atoms with van der Waals surface area (Å²) in [6.07, 6.45) is 2.48. The van der Waals surface area contributed by atoms with Crippen molar-refractivity contribution in [3.63, 3.8) is 0 Å². The lowest BCUT2D eigenvalue weighted by Gasteiger charge is -2.45. The SMILES string of the molecule is CC(=O)NC1C(O)C(C)OC(O[C@H]2/C=C/C=C/C=C/C=C/C=C/C=C/C=C/[C@@H](C)[C@@H](O)[C@H](C)[C@@H](C)OC(=O)C[C@H](O)C[C@H](O)CC[C@@H](O)[C@H](O)C[C@H](O)C[C@]3(O)C[C@@H](O)[C@@H](C(=O)O)[C@H](C2)O3)C1O. The molecule has 19 atom stereocenters. The van der Waals surface area contributed by atoms with Gasteiger partial charge in [-0.2, -0.15) is 0 Å². The summed E-state index contributed by atoms with van der Waals surface area (Å²) in [5, 5.41) is 122. The van der Waals surface area contributed by atoms with Gasteiger partial charge in [0.15, 0.2) is 12.1 Å². The highest BCUT2D eigenvalue weighted by molar-refractivity contribution is 5.73. The molecule has 19 nitrogen and oxygen atoms in total. The van der Waals surface area contributed by atoms with E-state index in [9.17, 15) is 70.6 Å². The molecule has 0 aliphatic carbocycles. The third-order valence-corrected chi connectivity index (χ3v) is 12.3. The number of aliphatic hydroxyl groups excluding tert-OH is 9. The van der Waals surface area contributed by atoms with E-state index in [1.807, 2.05) is 13.0 Å². The zero-order chi connectivity index (χ0) is 50.7. The number of carboxylic acid groups (broad SMARTS) is 1. The zero-order valence-corrected chi connectivity index (χ0v) is 39.4. The van der Waals surface area contributed by atoms with Crippen LogP contribution in [0.4, 0.5) is 0 Å². The molecule has 5 unspecified atom stereocenters. The van der Waals surface area contributed by atoms with Gasteiger partial charge in [-0.25, -0.2) is 0 Å². The molecule has 12 N–H and O–H groups in total. The van der Waals surface area contributed by atoms with Crippen LogP contribution in [0.2, 0.25) is 0 Å². The van der Waals surface area contributed by atoms with Gasteiger partial charge >= 0.3 is 11.9 Å². The molecule has 0 aromatic heterocycles. The van der Waals surface area contributed by atoms with Gasteiger partial charge in [0.05, 0.1) is 73.5 Å². The molecule has 2 bridgehead atoms. The summed E-state index contributed by atoms with van der Waals surface area (Å²) in [6.45, 7) is 7.90. The number of fused-ring (bicyclic) bond motifs is 2. The number of esters is 1. The molecule has 3 rings (SSSR count). The predicted octanol–water partition coefficient (Wildman–Crippen LogP) is 0.889. The number of amides is 1. The van der Waals surface area contributed by atoms with Crippen LogP contribution in [0, 0.1) is 17.8 Å². The fourth-order valence-electron chi connectivity index (χ4n) is 8.34. The number of ether oxygens (including phenoxy) is 4. The number of aliphatic carboxylic acids is 1. The molecule has 1 amide bonds. The fraction of sp³-hybridized carbons (Fsp3) is 0.653. The van der Waals surface area contributed by atoms with E-state index in [4.69, 9.17) is 18.9 Å². The molecule has 384 valence electrons. The first-order valence-electron chi connectivity index (χ1n) is 23.2. The van der Waals surface area contributed by atoms with Gasteiger partial charge in [-0.05, 0) is 33.1 Å². The van der Waals surface area contributed by atoms with Gasteiger partial charge in [0.2, 0.25) is 5.91 Å². The number of hydrogen-bond donors (Lipinski definition) is 12. The Kier molecular flexibility index (Phi) is 24.6. The number of allylic oxidation sites excluding steroid dienone is 12. The summed E-state index contributed by atoms with van der Waals surface area (Å²) in [6, 6.07) is -1.21. The Morgan fingerprint density at radius 3 is 1.81 bits per heavy atom. The molecule has 2 saturated heterocycles. The number of cyclic esters (lactones) is 1. The maximum Gasteiger partial charge on any atom is 0.311 e. The highest BCUT2D eigenvalue weighted by atomic mass is 16.7. The van der Waals surface area contributed by atoms with Crippen molar-refractivity contribution in [3.8, 4) is 0 Å². The van der Waals surface area contributed by atoms with Crippen molar-refractivity contribution < 1.29 is 89.5 Å². The van der Waals surface area contributed by atoms with Crippen LogP contribution in [0.25, 0.3) is 0 Å². The summed E-state index contributed by atoms with van der Waals surface area (Å²) >= 11 is 0. The number of carbonyl (C=O) groups is 3. The van der Waals surface area contributed by atoms with E-state index in [0.29, 0.717) is 0 Å². The van der Waals surface area contributed by atoms with Gasteiger partial charge < -0.3 is 80.4 Å². The van der Waals surface area contributed by atoms with E-state index in [0.717, 1.165) is 0 Å². The first-order valence-corrected chi connectivity index (χ1v) is 23.2. The Hall–Kier alpha value is -3.93. The van der Waals surface area contributed by atoms with E-state index in [1.54, 1.807) is 86.8 Å².